The summed E-state index contributed by atoms with van der Waals surface area (Å²) in [6.45, 7) is 7.79. The third-order valence-electron chi connectivity index (χ3n) is 5.51. The summed E-state index contributed by atoms with van der Waals surface area (Å²) in [5.74, 6) is -0.474. The van der Waals surface area contributed by atoms with E-state index in [4.69, 9.17) is 21.7 Å². The van der Waals surface area contributed by atoms with Gasteiger partial charge >= 0.3 is 5.97 Å². The third-order valence-corrected chi connectivity index (χ3v) is 6.84. The lowest BCUT2D eigenvalue weighted by molar-refractivity contribution is -0.146. The molecule has 182 valence electrons. The van der Waals surface area contributed by atoms with Gasteiger partial charge in [-0.1, -0.05) is 76.5 Å². The highest BCUT2D eigenvalue weighted by Gasteiger charge is 2.41. The van der Waals surface area contributed by atoms with Gasteiger partial charge in [0.2, 0.25) is 0 Å². The topological polar surface area (TPSA) is 76.1 Å². The number of nitrogens with zero attached hydrogens (tertiary/aromatic N) is 1. The number of methoxy groups -OCH3 is 1. The van der Waals surface area contributed by atoms with Crippen LogP contribution in [0.15, 0.2) is 23.1 Å². The molecule has 2 atom stereocenters. The smallest absolute Gasteiger partial charge is 0.327 e. The fraction of sp³-hybridized carbons (Fsp3) is 0.560. The summed E-state index contributed by atoms with van der Waals surface area (Å²) in [5.41, 5.74) is 0.753. The van der Waals surface area contributed by atoms with Crippen molar-refractivity contribution in [1.82, 2.24) is 4.90 Å². The Balaban J connectivity index is 2.11. The molecular weight excluding hydrogens is 458 g/mol. The Kier molecular flexibility index (Phi) is 10.7. The minimum atomic E-state index is -1.06. The van der Waals surface area contributed by atoms with E-state index in [0.29, 0.717) is 16.4 Å². The van der Waals surface area contributed by atoms with Crippen molar-refractivity contribution in [3.05, 3.63) is 28.7 Å². The number of hydrogen-bond donors (Lipinski definition) is 1. The van der Waals surface area contributed by atoms with E-state index >= 15 is 0 Å². The Labute approximate surface area is 206 Å². The Morgan fingerprint density at radius 3 is 2.48 bits per heavy atom. The van der Waals surface area contributed by atoms with E-state index in [9.17, 15) is 14.7 Å². The van der Waals surface area contributed by atoms with Gasteiger partial charge in [0.25, 0.3) is 5.91 Å². The van der Waals surface area contributed by atoms with Crippen molar-refractivity contribution >= 4 is 46.3 Å². The molecule has 1 fully saturated rings. The highest BCUT2D eigenvalue weighted by Crippen LogP contribution is 2.37. The van der Waals surface area contributed by atoms with Gasteiger partial charge < -0.3 is 14.6 Å². The maximum Gasteiger partial charge on any atom is 0.327 e. The second-order valence-corrected chi connectivity index (χ2v) is 10.3. The van der Waals surface area contributed by atoms with Crippen LogP contribution in [0, 0.1) is 5.92 Å². The van der Waals surface area contributed by atoms with Gasteiger partial charge in [-0.2, -0.15) is 0 Å². The van der Waals surface area contributed by atoms with E-state index in [-0.39, 0.29) is 22.2 Å². The lowest BCUT2D eigenvalue weighted by atomic mass is 10.0. The van der Waals surface area contributed by atoms with Crippen molar-refractivity contribution in [3.63, 3.8) is 0 Å². The number of rotatable bonds is 13. The van der Waals surface area contributed by atoms with E-state index in [1.807, 2.05) is 18.2 Å². The number of carboxylic acid groups (broad SMARTS) is 1. The second-order valence-electron chi connectivity index (χ2n) is 8.62. The van der Waals surface area contributed by atoms with Crippen molar-refractivity contribution in [2.75, 3.05) is 7.11 Å². The van der Waals surface area contributed by atoms with Gasteiger partial charge in [0, 0.05) is 0 Å². The highest BCUT2D eigenvalue weighted by molar-refractivity contribution is 8.26. The quantitative estimate of drug-likeness (QED) is 0.201. The largest absolute Gasteiger partial charge is 0.493 e. The molecule has 1 aromatic rings. The molecule has 0 aliphatic carbocycles. The minimum Gasteiger partial charge on any atom is -0.493 e. The molecule has 1 heterocycles. The molecule has 0 bridgehead atoms. The van der Waals surface area contributed by atoms with Gasteiger partial charge in [-0.15, -0.1) is 0 Å². The molecule has 0 aromatic heterocycles. The van der Waals surface area contributed by atoms with Crippen molar-refractivity contribution in [1.29, 1.82) is 0 Å². The van der Waals surface area contributed by atoms with Crippen LogP contribution in [0.3, 0.4) is 0 Å². The number of aliphatic carboxylic acids is 1. The van der Waals surface area contributed by atoms with Gasteiger partial charge in [0.1, 0.15) is 10.4 Å². The maximum absolute atomic E-state index is 12.9. The molecule has 8 heteroatoms. The Bertz CT molecular complexity index is 884. The normalized spacial score (nSPS) is 17.0. The van der Waals surface area contributed by atoms with Crippen LogP contribution in [-0.2, 0) is 9.59 Å². The predicted octanol–water partition coefficient (Wildman–Crippen LogP) is 6.13. The summed E-state index contributed by atoms with van der Waals surface area (Å²) in [4.78, 5) is 26.2. The molecule has 1 N–H and O–H groups in total. The molecule has 1 saturated heterocycles. The number of carboxylic acids is 1. The first-order chi connectivity index (χ1) is 15.7. The second kappa shape index (κ2) is 13.0. The number of carbonyl (C=O) groups excluding carboxylic acids is 1. The first-order valence-corrected chi connectivity index (χ1v) is 12.8. The monoisotopic (exact) mass is 493 g/mol. The van der Waals surface area contributed by atoms with Crippen LogP contribution in [0.25, 0.3) is 6.08 Å². The molecule has 33 heavy (non-hydrogen) atoms. The van der Waals surface area contributed by atoms with Crippen LogP contribution in [-0.4, -0.2) is 45.5 Å². The number of ether oxygens (including phenoxy) is 2. The van der Waals surface area contributed by atoms with Gasteiger partial charge in [-0.3, -0.25) is 9.69 Å². The van der Waals surface area contributed by atoms with Crippen molar-refractivity contribution in [3.8, 4) is 11.5 Å². The summed E-state index contributed by atoms with van der Waals surface area (Å²) in [6.07, 6.45) is 8.89. The van der Waals surface area contributed by atoms with Crippen LogP contribution >= 0.6 is 24.0 Å². The van der Waals surface area contributed by atoms with Gasteiger partial charge in [-0.25, -0.2) is 4.79 Å². The lowest BCUT2D eigenvalue weighted by Gasteiger charge is -2.26. The first kappa shape index (κ1) is 27.2. The van der Waals surface area contributed by atoms with Crippen LogP contribution < -0.4 is 9.47 Å². The maximum atomic E-state index is 12.9. The lowest BCUT2D eigenvalue weighted by Crippen LogP contribution is -2.47. The van der Waals surface area contributed by atoms with Crippen molar-refractivity contribution < 1.29 is 24.2 Å². The van der Waals surface area contributed by atoms with Crippen LogP contribution in [0.1, 0.15) is 71.8 Å². The number of thioether (sulfide) groups is 1. The zero-order chi connectivity index (χ0) is 24.5. The Hall–Kier alpha value is -2.06. The molecule has 0 radical (unpaired) electrons. The van der Waals surface area contributed by atoms with Gasteiger partial charge in [0.15, 0.2) is 11.5 Å². The standard InChI is InChI=1S/C25H35NO5S2/c1-6-7-8-9-10-11-17(4)31-19-13-12-18(14-20(19)30-5)15-21-23(27)26(25(32)33-21)22(16(2)3)24(28)29/h12-17,22H,6-11H2,1-5H3,(H,28,29)/b21-15+. The minimum absolute atomic E-state index is 0.0756. The van der Waals surface area contributed by atoms with Gasteiger partial charge in [0.05, 0.1) is 18.1 Å². The van der Waals surface area contributed by atoms with Crippen LogP contribution in [0.2, 0.25) is 0 Å². The molecule has 0 saturated carbocycles. The number of hydrogen-bond acceptors (Lipinski definition) is 6. The molecule has 1 aliphatic heterocycles. The summed E-state index contributed by atoms with van der Waals surface area (Å²) in [7, 11) is 1.58. The van der Waals surface area contributed by atoms with Crippen LogP contribution in [0.5, 0.6) is 11.5 Å². The number of unbranched alkanes of at least 4 members (excludes halogenated alkanes) is 4. The number of thiocarbonyl (C=S) groups is 1. The zero-order valence-electron chi connectivity index (χ0n) is 20.1. The molecule has 0 spiro atoms. The van der Waals surface area contributed by atoms with E-state index in [1.54, 1.807) is 27.0 Å². The average Bonchev–Trinajstić information content (AvgIpc) is 3.02. The highest BCUT2D eigenvalue weighted by atomic mass is 32.2. The number of carbonyl (C=O) groups is 2. The number of benzene rings is 1. The average molecular weight is 494 g/mol. The summed E-state index contributed by atoms with van der Waals surface area (Å²) in [5, 5.41) is 9.57. The fourth-order valence-electron chi connectivity index (χ4n) is 3.75. The third kappa shape index (κ3) is 7.47. The van der Waals surface area contributed by atoms with Crippen molar-refractivity contribution in [2.45, 2.75) is 78.4 Å². The van der Waals surface area contributed by atoms with Crippen LogP contribution in [0.4, 0.5) is 0 Å². The number of amides is 1. The first-order valence-electron chi connectivity index (χ1n) is 11.5. The Morgan fingerprint density at radius 2 is 1.88 bits per heavy atom. The molecular formula is C25H35NO5S2. The SMILES string of the molecule is CCCCCCCC(C)Oc1ccc(/C=C2/SC(=S)N(C(C(=O)O)C(C)C)C2=O)cc1OC. The zero-order valence-corrected chi connectivity index (χ0v) is 21.8. The summed E-state index contributed by atoms with van der Waals surface area (Å²) in [6, 6.07) is 4.52. The summed E-state index contributed by atoms with van der Waals surface area (Å²) >= 11 is 6.44. The van der Waals surface area contributed by atoms with E-state index < -0.39 is 12.0 Å². The van der Waals surface area contributed by atoms with E-state index in [1.165, 1.54) is 30.6 Å². The fourth-order valence-corrected chi connectivity index (χ4v) is 5.08. The van der Waals surface area contributed by atoms with Gasteiger partial charge in [-0.05, 0) is 49.5 Å². The predicted molar refractivity (Wildman–Crippen MR) is 138 cm³/mol. The molecule has 1 aromatic carbocycles. The molecule has 1 amide bonds. The molecule has 2 rings (SSSR count). The molecule has 1 aliphatic rings. The van der Waals surface area contributed by atoms with E-state index in [2.05, 4.69) is 13.8 Å². The van der Waals surface area contributed by atoms with Crippen molar-refractivity contribution in [2.24, 2.45) is 5.92 Å². The Morgan fingerprint density at radius 1 is 1.18 bits per heavy atom. The van der Waals surface area contributed by atoms with E-state index in [0.717, 1.165) is 30.2 Å². The summed E-state index contributed by atoms with van der Waals surface area (Å²) < 4.78 is 11.9. The molecule has 6 nitrogen and oxygen atoms in total. The molecule has 2 unspecified atom stereocenters.